The summed E-state index contributed by atoms with van der Waals surface area (Å²) in [6, 6.07) is 30.1. The number of hydrogen-bond acceptors (Lipinski definition) is 4. The van der Waals surface area contributed by atoms with Crippen molar-refractivity contribution in [2.45, 2.75) is 19.9 Å². The Kier molecular flexibility index (Phi) is 7.72. The Hall–Kier alpha value is -3.48. The quantitative estimate of drug-likeness (QED) is 0.218. The maximum atomic E-state index is 13.0. The van der Waals surface area contributed by atoms with Gasteiger partial charge in [0.05, 0.1) is 12.6 Å². The highest BCUT2D eigenvalue weighted by Gasteiger charge is 2.25. The van der Waals surface area contributed by atoms with Crippen LogP contribution in [0.15, 0.2) is 91.0 Å². The second-order valence-electron chi connectivity index (χ2n) is 7.68. The first-order valence-electron chi connectivity index (χ1n) is 11.1. The van der Waals surface area contributed by atoms with Crippen molar-refractivity contribution in [3.05, 3.63) is 113 Å². The number of carbonyl (C=O) groups is 1. The van der Waals surface area contributed by atoms with Gasteiger partial charge in [-0.1, -0.05) is 91.0 Å². The van der Waals surface area contributed by atoms with Gasteiger partial charge in [-0.05, 0) is 42.8 Å². The summed E-state index contributed by atoms with van der Waals surface area (Å²) in [6.45, 7) is 4.12. The average molecular weight is 487 g/mol. The van der Waals surface area contributed by atoms with E-state index in [1.165, 1.54) is 11.3 Å². The van der Waals surface area contributed by atoms with Gasteiger partial charge < -0.3 is 15.4 Å². The third-order valence-electron chi connectivity index (χ3n) is 5.39. The monoisotopic (exact) mass is 486 g/mol. The Morgan fingerprint density at radius 1 is 0.912 bits per heavy atom. The van der Waals surface area contributed by atoms with Crippen LogP contribution < -0.4 is 10.6 Å². The average Bonchev–Trinajstić information content (AvgIpc) is 3.19. The van der Waals surface area contributed by atoms with E-state index in [1.54, 1.807) is 0 Å². The van der Waals surface area contributed by atoms with Crippen LogP contribution in [0.25, 0.3) is 11.1 Å². The van der Waals surface area contributed by atoms with Crippen LogP contribution in [0.2, 0.25) is 0 Å². The molecule has 1 aromatic heterocycles. The van der Waals surface area contributed by atoms with E-state index >= 15 is 0 Å². The fourth-order valence-corrected chi connectivity index (χ4v) is 5.26. The molecular formula is C28H26N2O2S2. The van der Waals surface area contributed by atoms with Crippen molar-refractivity contribution in [2.75, 3.05) is 11.9 Å². The summed E-state index contributed by atoms with van der Waals surface area (Å²) in [6.07, 6.45) is 0. The zero-order chi connectivity index (χ0) is 23.9. The number of aryl methyl sites for hydroxylation is 1. The van der Waals surface area contributed by atoms with Gasteiger partial charge in [0, 0.05) is 10.4 Å². The summed E-state index contributed by atoms with van der Waals surface area (Å²) in [7, 11) is 0. The Morgan fingerprint density at radius 2 is 1.44 bits per heavy atom. The number of hydrogen-bond donors (Lipinski definition) is 2. The normalized spacial score (nSPS) is 10.7. The van der Waals surface area contributed by atoms with Crippen molar-refractivity contribution in [1.82, 2.24) is 5.32 Å². The molecule has 4 rings (SSSR count). The van der Waals surface area contributed by atoms with Crippen LogP contribution in [-0.2, 0) is 4.74 Å². The van der Waals surface area contributed by atoms with E-state index in [-0.39, 0.29) is 12.0 Å². The molecule has 0 saturated heterocycles. The molecule has 0 aliphatic carbocycles. The fraction of sp³-hybridized carbons (Fsp3) is 0.143. The molecule has 0 aliphatic heterocycles. The number of thiophene rings is 1. The van der Waals surface area contributed by atoms with Gasteiger partial charge in [-0.25, -0.2) is 4.79 Å². The van der Waals surface area contributed by atoms with Gasteiger partial charge in [-0.15, -0.1) is 11.3 Å². The summed E-state index contributed by atoms with van der Waals surface area (Å²) in [4.78, 5) is 14.0. The molecule has 6 heteroatoms. The fourth-order valence-electron chi connectivity index (χ4n) is 3.90. The van der Waals surface area contributed by atoms with Crippen molar-refractivity contribution < 1.29 is 9.53 Å². The molecule has 0 radical (unpaired) electrons. The van der Waals surface area contributed by atoms with Crippen LogP contribution in [0.1, 0.15) is 39.3 Å². The molecule has 34 heavy (non-hydrogen) atoms. The van der Waals surface area contributed by atoms with E-state index in [2.05, 4.69) is 34.9 Å². The van der Waals surface area contributed by atoms with E-state index in [4.69, 9.17) is 17.0 Å². The first-order chi connectivity index (χ1) is 16.6. The predicted molar refractivity (Wildman–Crippen MR) is 145 cm³/mol. The maximum absolute atomic E-state index is 13.0. The molecule has 0 fully saturated rings. The number of anilines is 1. The highest BCUT2D eigenvalue weighted by Crippen LogP contribution is 2.40. The molecule has 4 aromatic rings. The van der Waals surface area contributed by atoms with Crippen molar-refractivity contribution in [3.63, 3.8) is 0 Å². The van der Waals surface area contributed by atoms with Crippen LogP contribution in [0.3, 0.4) is 0 Å². The SMILES string of the molecule is CCOC(=O)c1c(NC(=S)NC(c2ccccc2)c2ccccc2)sc(C)c1-c1ccccc1. The summed E-state index contributed by atoms with van der Waals surface area (Å²) in [5.41, 5.74) is 4.54. The summed E-state index contributed by atoms with van der Waals surface area (Å²) in [5.74, 6) is -0.362. The lowest BCUT2D eigenvalue weighted by molar-refractivity contribution is 0.0529. The topological polar surface area (TPSA) is 50.4 Å². The van der Waals surface area contributed by atoms with Crippen molar-refractivity contribution in [2.24, 2.45) is 0 Å². The first-order valence-corrected chi connectivity index (χ1v) is 12.3. The Bertz CT molecular complexity index is 1220. The summed E-state index contributed by atoms with van der Waals surface area (Å²) >= 11 is 7.22. The van der Waals surface area contributed by atoms with Gasteiger partial charge in [-0.3, -0.25) is 0 Å². The van der Waals surface area contributed by atoms with Crippen molar-refractivity contribution in [3.8, 4) is 11.1 Å². The lowest BCUT2D eigenvalue weighted by Crippen LogP contribution is -2.33. The Labute approximate surface area is 209 Å². The van der Waals surface area contributed by atoms with Gasteiger partial charge in [0.25, 0.3) is 0 Å². The van der Waals surface area contributed by atoms with Gasteiger partial charge in [0.15, 0.2) is 5.11 Å². The molecule has 0 saturated carbocycles. The molecule has 0 aliphatic rings. The zero-order valence-corrected chi connectivity index (χ0v) is 20.7. The minimum absolute atomic E-state index is 0.136. The molecule has 0 bridgehead atoms. The Morgan fingerprint density at radius 3 is 1.97 bits per heavy atom. The maximum Gasteiger partial charge on any atom is 0.341 e. The number of ether oxygens (including phenoxy) is 1. The van der Waals surface area contributed by atoms with E-state index in [0.29, 0.717) is 22.3 Å². The van der Waals surface area contributed by atoms with Gasteiger partial charge >= 0.3 is 5.97 Å². The minimum Gasteiger partial charge on any atom is -0.462 e. The smallest absolute Gasteiger partial charge is 0.341 e. The number of esters is 1. The molecule has 0 unspecified atom stereocenters. The van der Waals surface area contributed by atoms with Gasteiger partial charge in [-0.2, -0.15) is 0 Å². The van der Waals surface area contributed by atoms with Gasteiger partial charge in [0.2, 0.25) is 0 Å². The van der Waals surface area contributed by atoms with Crippen molar-refractivity contribution >= 4 is 39.6 Å². The Balaban J connectivity index is 1.66. The largest absolute Gasteiger partial charge is 0.462 e. The second kappa shape index (κ2) is 11.1. The lowest BCUT2D eigenvalue weighted by Gasteiger charge is -2.22. The molecule has 3 aromatic carbocycles. The highest BCUT2D eigenvalue weighted by molar-refractivity contribution is 7.80. The number of thiocarbonyl (C=S) groups is 1. The second-order valence-corrected chi connectivity index (χ2v) is 9.31. The third kappa shape index (κ3) is 5.35. The van der Waals surface area contributed by atoms with E-state index in [0.717, 1.165) is 27.1 Å². The van der Waals surface area contributed by atoms with E-state index in [9.17, 15) is 4.79 Å². The number of nitrogens with one attached hydrogen (secondary N) is 2. The molecule has 172 valence electrons. The summed E-state index contributed by atoms with van der Waals surface area (Å²) < 4.78 is 5.41. The molecule has 1 heterocycles. The van der Waals surface area contributed by atoms with Gasteiger partial charge in [0.1, 0.15) is 10.6 Å². The van der Waals surface area contributed by atoms with E-state index < -0.39 is 0 Å². The van der Waals surface area contributed by atoms with Crippen LogP contribution in [0.5, 0.6) is 0 Å². The number of rotatable bonds is 7. The minimum atomic E-state index is -0.362. The third-order valence-corrected chi connectivity index (χ3v) is 6.64. The zero-order valence-electron chi connectivity index (χ0n) is 19.1. The van der Waals surface area contributed by atoms with Crippen LogP contribution in [-0.4, -0.2) is 17.7 Å². The molecule has 4 nitrogen and oxygen atoms in total. The molecular weight excluding hydrogens is 460 g/mol. The molecule has 0 atom stereocenters. The number of benzene rings is 3. The number of carbonyl (C=O) groups excluding carboxylic acids is 1. The first kappa shape index (κ1) is 23.7. The van der Waals surface area contributed by atoms with Crippen molar-refractivity contribution in [1.29, 1.82) is 0 Å². The molecule has 0 spiro atoms. The van der Waals surface area contributed by atoms with Crippen LogP contribution in [0.4, 0.5) is 5.00 Å². The molecule has 2 N–H and O–H groups in total. The molecule has 0 amide bonds. The standard InChI is InChI=1S/C28H26N2O2S2/c1-3-32-27(31)24-23(20-13-7-4-8-14-20)19(2)34-26(24)30-28(33)29-25(21-15-9-5-10-16-21)22-17-11-6-12-18-22/h4-18,25H,3H2,1-2H3,(H2,29,30,33). The van der Waals surface area contributed by atoms with Crippen LogP contribution >= 0.6 is 23.6 Å². The highest BCUT2D eigenvalue weighted by atomic mass is 32.1. The van der Waals surface area contributed by atoms with Crippen LogP contribution in [0, 0.1) is 6.92 Å². The van der Waals surface area contributed by atoms with E-state index in [1.807, 2.05) is 80.6 Å². The predicted octanol–water partition coefficient (Wildman–Crippen LogP) is 6.98. The summed E-state index contributed by atoms with van der Waals surface area (Å²) in [5, 5.41) is 7.84. The lowest BCUT2D eigenvalue weighted by atomic mass is 9.99.